The SMILES string of the molecule is O=C(/C=C/c1ccc(Cl)cc1Cl)Nc1ncn[nH]1. The number of hydrogen-bond acceptors (Lipinski definition) is 3. The fourth-order valence-corrected chi connectivity index (χ4v) is 1.70. The molecule has 0 radical (unpaired) electrons. The third-order valence-corrected chi connectivity index (χ3v) is 2.60. The number of aromatic amines is 1. The van der Waals surface area contributed by atoms with E-state index in [0.717, 1.165) is 0 Å². The second-order valence-corrected chi connectivity index (χ2v) is 4.17. The molecule has 5 nitrogen and oxygen atoms in total. The molecule has 1 heterocycles. The van der Waals surface area contributed by atoms with E-state index in [-0.39, 0.29) is 11.9 Å². The molecule has 0 fully saturated rings. The second kappa shape index (κ2) is 5.66. The number of hydrogen-bond donors (Lipinski definition) is 2. The first-order chi connectivity index (χ1) is 8.65. The summed E-state index contributed by atoms with van der Waals surface area (Å²) in [5.74, 6) is -0.0513. The van der Waals surface area contributed by atoms with Crippen molar-refractivity contribution in [2.45, 2.75) is 0 Å². The Morgan fingerprint density at radius 1 is 1.39 bits per heavy atom. The highest BCUT2D eigenvalue weighted by molar-refractivity contribution is 6.35. The van der Waals surface area contributed by atoms with Crippen molar-refractivity contribution in [2.24, 2.45) is 0 Å². The predicted octanol–water partition coefficient (Wildman–Crippen LogP) is 2.76. The van der Waals surface area contributed by atoms with Gasteiger partial charge in [0.15, 0.2) is 0 Å². The maximum absolute atomic E-state index is 11.5. The molecule has 2 N–H and O–H groups in total. The van der Waals surface area contributed by atoms with Crippen LogP contribution in [0.4, 0.5) is 5.95 Å². The summed E-state index contributed by atoms with van der Waals surface area (Å²) in [6, 6.07) is 5.03. The number of anilines is 1. The Bertz CT molecular complexity index is 581. The molecular weight excluding hydrogens is 275 g/mol. The zero-order valence-corrected chi connectivity index (χ0v) is 10.5. The number of carbonyl (C=O) groups excluding carboxylic acids is 1. The van der Waals surface area contributed by atoms with Gasteiger partial charge in [-0.2, -0.15) is 10.1 Å². The van der Waals surface area contributed by atoms with E-state index in [0.29, 0.717) is 15.6 Å². The fraction of sp³-hybridized carbons (Fsp3) is 0. The highest BCUT2D eigenvalue weighted by Crippen LogP contribution is 2.21. The number of nitrogens with one attached hydrogen (secondary N) is 2. The molecule has 0 aliphatic rings. The molecule has 0 unspecified atom stereocenters. The van der Waals surface area contributed by atoms with Gasteiger partial charge in [0.1, 0.15) is 6.33 Å². The third kappa shape index (κ3) is 3.32. The lowest BCUT2D eigenvalue weighted by Crippen LogP contribution is -2.08. The molecule has 7 heteroatoms. The van der Waals surface area contributed by atoms with E-state index < -0.39 is 0 Å². The van der Waals surface area contributed by atoms with E-state index >= 15 is 0 Å². The molecule has 1 amide bonds. The smallest absolute Gasteiger partial charge is 0.250 e. The van der Waals surface area contributed by atoms with Crippen molar-refractivity contribution in [1.29, 1.82) is 0 Å². The van der Waals surface area contributed by atoms with Crippen LogP contribution in [0.1, 0.15) is 5.56 Å². The van der Waals surface area contributed by atoms with Gasteiger partial charge in [0.25, 0.3) is 5.91 Å². The molecule has 0 aliphatic heterocycles. The monoisotopic (exact) mass is 282 g/mol. The molecular formula is C11H8Cl2N4O. The largest absolute Gasteiger partial charge is 0.291 e. The molecule has 0 saturated heterocycles. The molecule has 0 bridgehead atoms. The first-order valence-electron chi connectivity index (χ1n) is 4.94. The van der Waals surface area contributed by atoms with Crippen LogP contribution < -0.4 is 5.32 Å². The van der Waals surface area contributed by atoms with Crippen molar-refractivity contribution in [1.82, 2.24) is 15.2 Å². The minimum atomic E-state index is -0.335. The van der Waals surface area contributed by atoms with Gasteiger partial charge in [0, 0.05) is 16.1 Å². The van der Waals surface area contributed by atoms with Crippen LogP contribution in [0.25, 0.3) is 6.08 Å². The number of rotatable bonds is 3. The van der Waals surface area contributed by atoms with Gasteiger partial charge in [0.05, 0.1) is 0 Å². The number of benzene rings is 1. The maximum Gasteiger partial charge on any atom is 0.250 e. The van der Waals surface area contributed by atoms with Gasteiger partial charge in [0.2, 0.25) is 5.95 Å². The van der Waals surface area contributed by atoms with Crippen LogP contribution in [0, 0.1) is 0 Å². The fourth-order valence-electron chi connectivity index (χ4n) is 1.23. The van der Waals surface area contributed by atoms with Gasteiger partial charge in [-0.15, -0.1) is 0 Å². The number of carbonyl (C=O) groups is 1. The van der Waals surface area contributed by atoms with Crippen molar-refractivity contribution >= 4 is 41.1 Å². The van der Waals surface area contributed by atoms with Crippen molar-refractivity contribution in [2.75, 3.05) is 5.32 Å². The Morgan fingerprint density at radius 2 is 2.22 bits per heavy atom. The predicted molar refractivity (Wildman–Crippen MR) is 70.5 cm³/mol. The summed E-state index contributed by atoms with van der Waals surface area (Å²) in [4.78, 5) is 15.3. The lowest BCUT2D eigenvalue weighted by atomic mass is 10.2. The molecule has 2 rings (SSSR count). The first kappa shape index (κ1) is 12.6. The second-order valence-electron chi connectivity index (χ2n) is 3.32. The average Bonchev–Trinajstić information content (AvgIpc) is 2.80. The standard InChI is InChI=1S/C11H8Cl2N4O/c12-8-3-1-7(9(13)5-8)2-4-10(18)16-11-14-6-15-17-11/h1-6H,(H2,14,15,16,17,18)/b4-2+. The molecule has 0 saturated carbocycles. The van der Waals surface area contributed by atoms with Crippen LogP contribution in [-0.4, -0.2) is 21.1 Å². The number of aromatic nitrogens is 3. The number of halogens is 2. The number of amides is 1. The molecule has 2 aromatic rings. The summed E-state index contributed by atoms with van der Waals surface area (Å²) in [5.41, 5.74) is 0.703. The minimum Gasteiger partial charge on any atom is -0.291 e. The lowest BCUT2D eigenvalue weighted by Gasteiger charge is -1.99. The van der Waals surface area contributed by atoms with Crippen LogP contribution in [0.2, 0.25) is 10.0 Å². The summed E-state index contributed by atoms with van der Waals surface area (Å²) < 4.78 is 0. The van der Waals surface area contributed by atoms with Crippen LogP contribution in [0.5, 0.6) is 0 Å². The van der Waals surface area contributed by atoms with E-state index in [4.69, 9.17) is 23.2 Å². The Hall–Kier alpha value is -1.85. The van der Waals surface area contributed by atoms with E-state index in [9.17, 15) is 4.79 Å². The van der Waals surface area contributed by atoms with Crippen molar-refractivity contribution in [3.8, 4) is 0 Å². The molecule has 18 heavy (non-hydrogen) atoms. The minimum absolute atomic E-state index is 0.284. The van der Waals surface area contributed by atoms with Gasteiger partial charge in [-0.1, -0.05) is 29.3 Å². The summed E-state index contributed by atoms with van der Waals surface area (Å²) in [6.07, 6.45) is 4.23. The third-order valence-electron chi connectivity index (χ3n) is 2.03. The van der Waals surface area contributed by atoms with Gasteiger partial charge < -0.3 is 0 Å². The Kier molecular flexibility index (Phi) is 3.96. The number of H-pyrrole nitrogens is 1. The molecule has 0 spiro atoms. The van der Waals surface area contributed by atoms with Crippen LogP contribution in [0.3, 0.4) is 0 Å². The summed E-state index contributed by atoms with van der Waals surface area (Å²) in [5, 5.41) is 9.64. The van der Waals surface area contributed by atoms with Gasteiger partial charge >= 0.3 is 0 Å². The topological polar surface area (TPSA) is 70.7 Å². The molecule has 0 atom stereocenters. The summed E-state index contributed by atoms with van der Waals surface area (Å²) in [7, 11) is 0. The molecule has 1 aromatic heterocycles. The average molecular weight is 283 g/mol. The normalized spacial score (nSPS) is 10.8. The van der Waals surface area contributed by atoms with E-state index in [1.165, 1.54) is 12.4 Å². The van der Waals surface area contributed by atoms with Crippen molar-refractivity contribution in [3.05, 3.63) is 46.2 Å². The highest BCUT2D eigenvalue weighted by Gasteiger charge is 2.01. The van der Waals surface area contributed by atoms with Crippen molar-refractivity contribution in [3.63, 3.8) is 0 Å². The Morgan fingerprint density at radius 3 is 2.89 bits per heavy atom. The molecule has 1 aromatic carbocycles. The first-order valence-corrected chi connectivity index (χ1v) is 5.70. The lowest BCUT2D eigenvalue weighted by molar-refractivity contribution is -0.111. The Balaban J connectivity index is 2.04. The zero-order chi connectivity index (χ0) is 13.0. The van der Waals surface area contributed by atoms with Crippen molar-refractivity contribution < 1.29 is 4.79 Å². The highest BCUT2D eigenvalue weighted by atomic mass is 35.5. The number of nitrogens with zero attached hydrogens (tertiary/aromatic N) is 2. The van der Waals surface area contributed by atoms with Gasteiger partial charge in [-0.05, 0) is 23.8 Å². The molecule has 92 valence electrons. The summed E-state index contributed by atoms with van der Waals surface area (Å²) >= 11 is 11.7. The molecule has 0 aliphatic carbocycles. The Labute approximate surface area is 113 Å². The van der Waals surface area contributed by atoms with Crippen LogP contribution >= 0.6 is 23.2 Å². The van der Waals surface area contributed by atoms with Gasteiger partial charge in [-0.25, -0.2) is 5.10 Å². The maximum atomic E-state index is 11.5. The van der Waals surface area contributed by atoms with Crippen LogP contribution in [-0.2, 0) is 4.79 Å². The van der Waals surface area contributed by atoms with E-state index in [1.54, 1.807) is 24.3 Å². The van der Waals surface area contributed by atoms with Gasteiger partial charge in [-0.3, -0.25) is 10.1 Å². The zero-order valence-electron chi connectivity index (χ0n) is 9.02. The van der Waals surface area contributed by atoms with E-state index in [2.05, 4.69) is 20.5 Å². The van der Waals surface area contributed by atoms with Crippen LogP contribution in [0.15, 0.2) is 30.6 Å². The summed E-state index contributed by atoms with van der Waals surface area (Å²) in [6.45, 7) is 0. The quantitative estimate of drug-likeness (QED) is 0.851. The van der Waals surface area contributed by atoms with E-state index in [1.807, 2.05) is 0 Å².